The predicted molar refractivity (Wildman–Crippen MR) is 121 cm³/mol. The Kier molecular flexibility index (Phi) is 6.66. The van der Waals surface area contributed by atoms with Crippen LogP contribution in [0, 0.1) is 5.82 Å². The number of likely N-dealkylation sites (tertiary alicyclic amines) is 1. The highest BCUT2D eigenvalue weighted by Crippen LogP contribution is 2.56. The summed E-state index contributed by atoms with van der Waals surface area (Å²) in [6.07, 6.45) is -13.6. The van der Waals surface area contributed by atoms with E-state index in [9.17, 15) is 53.4 Å². The number of hydrogen-bond donors (Lipinski definition) is 1. The smallest absolute Gasteiger partial charge is 0.381 e. The lowest BCUT2D eigenvalue weighted by Gasteiger charge is -2.43. The number of rotatable bonds is 4. The highest BCUT2D eigenvalue weighted by molar-refractivity contribution is 7.92. The van der Waals surface area contributed by atoms with Crippen LogP contribution in [0.4, 0.5) is 35.1 Å². The van der Waals surface area contributed by atoms with Gasteiger partial charge in [-0.3, -0.25) is 4.79 Å². The molecule has 14 heteroatoms. The lowest BCUT2D eigenvalue weighted by atomic mass is 9.76. The number of fused-ring (bicyclic) bond motifs is 3. The number of halogens is 8. The fourth-order valence-electron chi connectivity index (χ4n) is 5.65. The lowest BCUT2D eigenvalue weighted by Crippen LogP contribution is -2.55. The number of sulfone groups is 1. The molecule has 2 aromatic rings. The average molecular weight is 586 g/mol. The van der Waals surface area contributed by atoms with Gasteiger partial charge in [0.15, 0.2) is 9.84 Å². The maximum Gasteiger partial charge on any atom is 0.435 e. The van der Waals surface area contributed by atoms with Crippen LogP contribution >= 0.6 is 0 Å². The van der Waals surface area contributed by atoms with Crippen LogP contribution in [0.5, 0.6) is 0 Å². The molecule has 2 atom stereocenters. The van der Waals surface area contributed by atoms with Crippen molar-refractivity contribution in [1.29, 1.82) is 0 Å². The molecule has 5 nitrogen and oxygen atoms in total. The first-order chi connectivity index (χ1) is 17.7. The number of carbonyl (C=O) groups excluding carboxylic acids is 1. The highest BCUT2D eigenvalue weighted by atomic mass is 32.2. The van der Waals surface area contributed by atoms with E-state index in [1.165, 1.54) is 13.8 Å². The van der Waals surface area contributed by atoms with Gasteiger partial charge < -0.3 is 10.0 Å². The summed E-state index contributed by atoms with van der Waals surface area (Å²) in [6.45, 7) is 2.15. The van der Waals surface area contributed by atoms with Crippen molar-refractivity contribution < 1.29 is 53.4 Å². The van der Waals surface area contributed by atoms with Crippen molar-refractivity contribution in [1.82, 2.24) is 4.90 Å². The molecule has 1 heterocycles. The van der Waals surface area contributed by atoms with Crippen molar-refractivity contribution in [3.05, 3.63) is 65.0 Å². The van der Waals surface area contributed by atoms with E-state index in [1.807, 2.05) is 0 Å². The fourth-order valence-corrected chi connectivity index (χ4v) is 8.02. The maximum atomic E-state index is 14.8. The van der Waals surface area contributed by atoms with Crippen molar-refractivity contribution in [2.45, 2.75) is 72.4 Å². The maximum absolute atomic E-state index is 14.8. The summed E-state index contributed by atoms with van der Waals surface area (Å²) in [7, 11) is -4.59. The summed E-state index contributed by atoms with van der Waals surface area (Å²) >= 11 is 0. The zero-order valence-corrected chi connectivity index (χ0v) is 21.3. The molecule has 0 aromatic heterocycles. The van der Waals surface area contributed by atoms with E-state index in [0.29, 0.717) is 6.07 Å². The van der Waals surface area contributed by atoms with Gasteiger partial charge in [-0.05, 0) is 68.5 Å². The Balaban J connectivity index is 1.97. The highest BCUT2D eigenvalue weighted by Gasteiger charge is 2.74. The number of alkyl halides is 7. The van der Waals surface area contributed by atoms with Crippen molar-refractivity contribution >= 4 is 15.7 Å². The number of carbonyl (C=O) groups is 1. The molecule has 1 fully saturated rings. The fraction of sp³-hybridized carbons (Fsp3) is 0.480. The van der Waals surface area contributed by atoms with E-state index in [2.05, 4.69) is 0 Å². The first-order valence-electron chi connectivity index (χ1n) is 11.7. The first kappa shape index (κ1) is 29.2. The third-order valence-corrected chi connectivity index (χ3v) is 10.0. The molecular formula is C25H23F8NO4S. The van der Waals surface area contributed by atoms with Gasteiger partial charge in [0, 0.05) is 12.1 Å². The number of hydrogen-bond acceptors (Lipinski definition) is 4. The number of amides is 1. The Morgan fingerprint density at radius 1 is 0.974 bits per heavy atom. The van der Waals surface area contributed by atoms with Crippen LogP contribution in [0.2, 0.25) is 0 Å². The second-order valence-electron chi connectivity index (χ2n) is 10.2. The largest absolute Gasteiger partial charge is 0.435 e. The van der Waals surface area contributed by atoms with Crippen LogP contribution in [0.3, 0.4) is 0 Å². The van der Waals surface area contributed by atoms with Gasteiger partial charge in [0.05, 0.1) is 10.9 Å². The van der Waals surface area contributed by atoms with E-state index in [1.54, 1.807) is 0 Å². The van der Waals surface area contributed by atoms with Gasteiger partial charge >= 0.3 is 18.0 Å². The van der Waals surface area contributed by atoms with Crippen molar-refractivity contribution in [3.63, 3.8) is 0 Å². The van der Waals surface area contributed by atoms with E-state index in [0.717, 1.165) is 35.2 Å². The van der Waals surface area contributed by atoms with Crippen LogP contribution in [-0.2, 0) is 31.5 Å². The number of aryl methyl sites for hydroxylation is 1. The zero-order chi connectivity index (χ0) is 29.4. The monoisotopic (exact) mass is 585 g/mol. The first-order valence-corrected chi connectivity index (χ1v) is 13.2. The van der Waals surface area contributed by atoms with E-state index < -0.39 is 66.4 Å². The van der Waals surface area contributed by atoms with Gasteiger partial charge in [0.1, 0.15) is 16.2 Å². The average Bonchev–Trinajstić information content (AvgIpc) is 3.22. The minimum absolute atomic E-state index is 0.190. The molecule has 1 saturated heterocycles. The molecule has 4 rings (SSSR count). The Hall–Kier alpha value is -2.74. The number of aliphatic hydroxyl groups is 1. The van der Waals surface area contributed by atoms with Gasteiger partial charge in [-0.15, -0.1) is 0 Å². The molecule has 2 aromatic carbocycles. The second-order valence-corrected chi connectivity index (χ2v) is 12.4. The van der Waals surface area contributed by atoms with Crippen LogP contribution in [-0.4, -0.2) is 54.9 Å². The molecule has 214 valence electrons. The van der Waals surface area contributed by atoms with Gasteiger partial charge in [-0.25, -0.2) is 17.2 Å². The van der Waals surface area contributed by atoms with Crippen LogP contribution in [0.15, 0.2) is 47.4 Å². The Morgan fingerprint density at radius 2 is 1.54 bits per heavy atom. The quantitative estimate of drug-likeness (QED) is 0.400. The zero-order valence-electron chi connectivity index (χ0n) is 20.5. The van der Waals surface area contributed by atoms with Gasteiger partial charge in [-0.1, -0.05) is 18.2 Å². The third kappa shape index (κ3) is 4.21. The van der Waals surface area contributed by atoms with Gasteiger partial charge in [0.25, 0.3) is 5.91 Å². The van der Waals surface area contributed by atoms with Crippen LogP contribution < -0.4 is 0 Å². The summed E-state index contributed by atoms with van der Waals surface area (Å²) in [5, 5.41) is 10.3. The molecular weight excluding hydrogens is 562 g/mol. The van der Waals surface area contributed by atoms with E-state index >= 15 is 0 Å². The summed E-state index contributed by atoms with van der Waals surface area (Å²) in [5.74, 6) is -1.60. The van der Waals surface area contributed by atoms with E-state index in [-0.39, 0.29) is 43.0 Å². The summed E-state index contributed by atoms with van der Waals surface area (Å²) in [4.78, 5) is 13.8. The van der Waals surface area contributed by atoms with Crippen molar-refractivity contribution in [2.24, 2.45) is 0 Å². The molecule has 2 aliphatic rings. The molecule has 0 bridgehead atoms. The summed E-state index contributed by atoms with van der Waals surface area (Å²) in [5.41, 5.74) is -9.84. The Morgan fingerprint density at radius 3 is 2.05 bits per heavy atom. The molecule has 39 heavy (non-hydrogen) atoms. The van der Waals surface area contributed by atoms with Crippen molar-refractivity contribution in [3.8, 4) is 0 Å². The van der Waals surface area contributed by atoms with E-state index in [4.69, 9.17) is 0 Å². The number of nitrogens with zero attached hydrogens (tertiary/aromatic N) is 1. The van der Waals surface area contributed by atoms with Gasteiger partial charge in [0.2, 0.25) is 0 Å². The van der Waals surface area contributed by atoms with Crippen molar-refractivity contribution in [2.75, 3.05) is 6.54 Å². The molecule has 1 aliphatic carbocycles. The Bertz CT molecular complexity index is 1380. The predicted octanol–water partition coefficient (Wildman–Crippen LogP) is 5.10. The number of benzene rings is 2. The van der Waals surface area contributed by atoms with Gasteiger partial charge in [-0.2, -0.15) is 26.3 Å². The molecule has 1 amide bonds. The molecule has 1 N–H and O–H groups in total. The minimum atomic E-state index is -6.36. The summed E-state index contributed by atoms with van der Waals surface area (Å²) < 4.78 is 135. The Labute approximate surface area is 218 Å². The van der Waals surface area contributed by atoms with Crippen LogP contribution in [0.25, 0.3) is 0 Å². The topological polar surface area (TPSA) is 74.7 Å². The third-order valence-electron chi connectivity index (χ3n) is 7.45. The van der Waals surface area contributed by atoms with Crippen LogP contribution in [0.1, 0.15) is 43.4 Å². The molecule has 0 saturated carbocycles. The molecule has 0 unspecified atom stereocenters. The molecule has 0 radical (unpaired) electrons. The standard InChI is InChI=1S/C25H23F8NO4S/c1-21(2,36)20(35)34-12-11-22(39(37,38)17-7-5-16(26)6-8-17)18-9-4-15(13-14(18)3-10-19(22)34)23(27,24(28,29)30)25(31,32)33/h4-9,13,19,36H,3,10-12H2,1-2H3/t19-,22-/m0/s1. The second kappa shape index (κ2) is 8.88. The molecule has 1 aliphatic heterocycles. The summed E-state index contributed by atoms with van der Waals surface area (Å²) in [6, 6.07) is 3.82. The SMILES string of the molecule is CC(C)(O)C(=O)N1CC[C@]2(S(=O)(=O)c3ccc(F)cc3)c3ccc(C(F)(C(F)(F)F)C(F)(F)F)cc3CC[C@H]12. The minimum Gasteiger partial charge on any atom is -0.381 e. The lowest BCUT2D eigenvalue weighted by molar-refractivity contribution is -0.348. The molecule has 0 spiro atoms. The normalized spacial score (nSPS) is 22.4.